The standard InChI is InChI=1S/C24H28N4O4S/c1-33(31,32)17-22-25-19-11-5-6-12-21(19)28(22)16-23(29)26-20(15-18-9-3-2-4-10-18)24(30)27-13-7-8-14-27/h2-6,9-12,20H,7-8,13-17H2,1H3,(H,26,29)/t20-/m1/s1. The molecular weight excluding hydrogens is 440 g/mol. The Morgan fingerprint density at radius 2 is 1.70 bits per heavy atom. The molecule has 1 aliphatic heterocycles. The summed E-state index contributed by atoms with van der Waals surface area (Å²) in [7, 11) is -3.35. The first kappa shape index (κ1) is 23.0. The summed E-state index contributed by atoms with van der Waals surface area (Å²) < 4.78 is 25.5. The van der Waals surface area contributed by atoms with Gasteiger partial charge in [0, 0.05) is 25.8 Å². The highest BCUT2D eigenvalue weighted by Crippen LogP contribution is 2.18. The third kappa shape index (κ3) is 5.78. The molecule has 1 aromatic heterocycles. The average molecular weight is 469 g/mol. The maximum absolute atomic E-state index is 13.2. The lowest BCUT2D eigenvalue weighted by molar-refractivity contribution is -0.135. The SMILES string of the molecule is CS(=O)(=O)Cc1nc2ccccc2n1CC(=O)N[C@H](Cc1ccccc1)C(=O)N1CCCC1. The first-order valence-corrected chi connectivity index (χ1v) is 13.1. The molecule has 1 N–H and O–H groups in total. The van der Waals surface area contributed by atoms with Crippen molar-refractivity contribution in [2.45, 2.75) is 37.6 Å². The second kappa shape index (κ2) is 9.74. The van der Waals surface area contributed by atoms with Crippen LogP contribution in [-0.2, 0) is 38.1 Å². The highest BCUT2D eigenvalue weighted by atomic mass is 32.2. The van der Waals surface area contributed by atoms with Crippen LogP contribution in [0.3, 0.4) is 0 Å². The third-order valence-electron chi connectivity index (χ3n) is 5.76. The number of nitrogens with zero attached hydrogens (tertiary/aromatic N) is 3. The van der Waals surface area contributed by atoms with Crippen LogP contribution in [0.2, 0.25) is 0 Å². The van der Waals surface area contributed by atoms with Crippen molar-refractivity contribution in [2.24, 2.45) is 0 Å². The summed E-state index contributed by atoms with van der Waals surface area (Å²) in [5, 5.41) is 2.91. The van der Waals surface area contributed by atoms with E-state index in [1.807, 2.05) is 42.5 Å². The topological polar surface area (TPSA) is 101 Å². The van der Waals surface area contributed by atoms with E-state index >= 15 is 0 Å². The number of nitrogens with one attached hydrogen (secondary N) is 1. The summed E-state index contributed by atoms with van der Waals surface area (Å²) >= 11 is 0. The van der Waals surface area contributed by atoms with Gasteiger partial charge in [-0.1, -0.05) is 42.5 Å². The van der Waals surface area contributed by atoms with Crippen molar-refractivity contribution < 1.29 is 18.0 Å². The van der Waals surface area contributed by atoms with Gasteiger partial charge in [-0.25, -0.2) is 13.4 Å². The van der Waals surface area contributed by atoms with Crippen molar-refractivity contribution in [2.75, 3.05) is 19.3 Å². The van der Waals surface area contributed by atoms with E-state index in [9.17, 15) is 18.0 Å². The second-order valence-corrected chi connectivity index (χ2v) is 10.7. The van der Waals surface area contributed by atoms with E-state index in [0.717, 1.165) is 24.7 Å². The molecule has 3 aromatic rings. The minimum absolute atomic E-state index is 0.0865. The van der Waals surface area contributed by atoms with Gasteiger partial charge in [0.05, 0.1) is 11.0 Å². The number of para-hydroxylation sites is 2. The van der Waals surface area contributed by atoms with Gasteiger partial charge in [0.15, 0.2) is 9.84 Å². The van der Waals surface area contributed by atoms with Crippen molar-refractivity contribution >= 4 is 32.7 Å². The molecule has 0 spiro atoms. The molecule has 1 saturated heterocycles. The summed E-state index contributed by atoms with van der Waals surface area (Å²) in [5.41, 5.74) is 2.26. The molecule has 2 aromatic carbocycles. The van der Waals surface area contributed by atoms with Crippen molar-refractivity contribution in [3.05, 3.63) is 66.0 Å². The van der Waals surface area contributed by atoms with Crippen LogP contribution >= 0.6 is 0 Å². The van der Waals surface area contributed by atoms with E-state index in [4.69, 9.17) is 0 Å². The van der Waals surface area contributed by atoms with Crippen molar-refractivity contribution in [1.29, 1.82) is 0 Å². The largest absolute Gasteiger partial charge is 0.342 e. The number of benzene rings is 2. The van der Waals surface area contributed by atoms with E-state index in [2.05, 4.69) is 10.3 Å². The predicted octanol–water partition coefficient (Wildman–Crippen LogP) is 1.93. The fourth-order valence-corrected chi connectivity index (χ4v) is 4.93. The number of likely N-dealkylation sites (tertiary alicyclic amines) is 1. The molecule has 174 valence electrons. The zero-order valence-electron chi connectivity index (χ0n) is 18.6. The lowest BCUT2D eigenvalue weighted by Crippen LogP contribution is -2.49. The molecule has 0 radical (unpaired) electrons. The number of hydrogen-bond donors (Lipinski definition) is 1. The highest BCUT2D eigenvalue weighted by Gasteiger charge is 2.28. The molecule has 2 amide bonds. The van der Waals surface area contributed by atoms with E-state index in [0.29, 0.717) is 36.4 Å². The van der Waals surface area contributed by atoms with Gasteiger partial charge in [0.2, 0.25) is 11.8 Å². The van der Waals surface area contributed by atoms with E-state index in [-0.39, 0.29) is 24.1 Å². The molecule has 0 bridgehead atoms. The van der Waals surface area contributed by atoms with Crippen LogP contribution in [0.25, 0.3) is 11.0 Å². The number of fused-ring (bicyclic) bond motifs is 1. The Balaban J connectivity index is 1.57. The van der Waals surface area contributed by atoms with E-state index in [1.165, 1.54) is 0 Å². The van der Waals surface area contributed by atoms with Crippen molar-refractivity contribution in [3.63, 3.8) is 0 Å². The van der Waals surface area contributed by atoms with Crippen LogP contribution in [0, 0.1) is 0 Å². The summed E-state index contributed by atoms with van der Waals surface area (Å²) in [5.74, 6) is -0.410. The van der Waals surface area contributed by atoms with Crippen LogP contribution in [0.5, 0.6) is 0 Å². The van der Waals surface area contributed by atoms with Crippen LogP contribution in [0.15, 0.2) is 54.6 Å². The lowest BCUT2D eigenvalue weighted by Gasteiger charge is -2.24. The Bertz CT molecular complexity index is 1250. The van der Waals surface area contributed by atoms with Gasteiger partial charge in [-0.3, -0.25) is 9.59 Å². The molecule has 1 atom stereocenters. The van der Waals surface area contributed by atoms with Gasteiger partial charge in [0.25, 0.3) is 0 Å². The quantitative estimate of drug-likeness (QED) is 0.544. The Kier molecular flexibility index (Phi) is 6.78. The predicted molar refractivity (Wildman–Crippen MR) is 126 cm³/mol. The maximum atomic E-state index is 13.2. The highest BCUT2D eigenvalue weighted by molar-refractivity contribution is 7.89. The van der Waals surface area contributed by atoms with Gasteiger partial charge in [-0.2, -0.15) is 0 Å². The third-order valence-corrected chi connectivity index (χ3v) is 6.54. The summed E-state index contributed by atoms with van der Waals surface area (Å²) in [4.78, 5) is 32.5. The zero-order chi connectivity index (χ0) is 23.4. The fraction of sp³-hybridized carbons (Fsp3) is 0.375. The number of carbonyl (C=O) groups excluding carboxylic acids is 2. The number of hydrogen-bond acceptors (Lipinski definition) is 5. The van der Waals surface area contributed by atoms with Crippen LogP contribution in [-0.4, -0.2) is 60.1 Å². The Morgan fingerprint density at radius 3 is 2.39 bits per heavy atom. The number of aromatic nitrogens is 2. The Morgan fingerprint density at radius 1 is 1.03 bits per heavy atom. The summed E-state index contributed by atoms with van der Waals surface area (Å²) in [6, 6.07) is 16.1. The van der Waals surface area contributed by atoms with Gasteiger partial charge >= 0.3 is 0 Å². The van der Waals surface area contributed by atoms with Crippen molar-refractivity contribution in [1.82, 2.24) is 19.8 Å². The minimum Gasteiger partial charge on any atom is -0.342 e. The zero-order valence-corrected chi connectivity index (χ0v) is 19.4. The lowest BCUT2D eigenvalue weighted by atomic mass is 10.0. The fourth-order valence-electron chi connectivity index (χ4n) is 4.24. The number of sulfone groups is 1. The molecule has 2 heterocycles. The number of imidazole rings is 1. The molecule has 0 unspecified atom stereocenters. The smallest absolute Gasteiger partial charge is 0.245 e. The first-order chi connectivity index (χ1) is 15.8. The Labute approximate surface area is 193 Å². The van der Waals surface area contributed by atoms with Crippen LogP contribution in [0.1, 0.15) is 24.2 Å². The van der Waals surface area contributed by atoms with Crippen LogP contribution in [0.4, 0.5) is 0 Å². The second-order valence-electron chi connectivity index (χ2n) is 8.52. The molecule has 0 saturated carbocycles. The molecule has 1 aliphatic rings. The molecular formula is C24H28N4O4S. The summed E-state index contributed by atoms with van der Waals surface area (Å²) in [6.45, 7) is 1.28. The maximum Gasteiger partial charge on any atom is 0.245 e. The monoisotopic (exact) mass is 468 g/mol. The molecule has 0 aliphatic carbocycles. The first-order valence-electron chi connectivity index (χ1n) is 11.0. The Hall–Kier alpha value is -3.20. The molecule has 1 fully saturated rings. The van der Waals surface area contributed by atoms with Gasteiger partial charge < -0.3 is 14.8 Å². The van der Waals surface area contributed by atoms with Gasteiger partial charge in [-0.15, -0.1) is 0 Å². The normalized spacial score (nSPS) is 15.0. The number of amides is 2. The average Bonchev–Trinajstić information content (AvgIpc) is 3.41. The van der Waals surface area contributed by atoms with Crippen LogP contribution < -0.4 is 5.32 Å². The van der Waals surface area contributed by atoms with Gasteiger partial charge in [-0.05, 0) is 30.5 Å². The van der Waals surface area contributed by atoms with E-state index in [1.54, 1.807) is 21.6 Å². The number of rotatable bonds is 8. The molecule has 8 nitrogen and oxygen atoms in total. The molecule has 9 heteroatoms. The minimum atomic E-state index is -3.35. The number of carbonyl (C=O) groups is 2. The van der Waals surface area contributed by atoms with E-state index < -0.39 is 15.9 Å². The van der Waals surface area contributed by atoms with Crippen molar-refractivity contribution in [3.8, 4) is 0 Å². The molecule has 4 rings (SSSR count). The molecule has 33 heavy (non-hydrogen) atoms. The van der Waals surface area contributed by atoms with Gasteiger partial charge in [0.1, 0.15) is 24.2 Å². The summed E-state index contributed by atoms with van der Waals surface area (Å²) in [6.07, 6.45) is 3.46.